The number of amides is 1. The molecular weight excluding hydrogens is 362 g/mol. The molecule has 1 N–H and O–H groups in total. The van der Waals surface area contributed by atoms with Gasteiger partial charge in [-0.05, 0) is 37.3 Å². The molecule has 1 aliphatic heterocycles. The van der Waals surface area contributed by atoms with Crippen LogP contribution in [0.5, 0.6) is 17.2 Å². The first-order chi connectivity index (χ1) is 11.1. The molecule has 1 aliphatic rings. The summed E-state index contributed by atoms with van der Waals surface area (Å²) in [5.74, 6) is 1.72. The lowest BCUT2D eigenvalue weighted by molar-refractivity contribution is -0.122. The molecule has 0 aliphatic carbocycles. The van der Waals surface area contributed by atoms with Crippen LogP contribution >= 0.6 is 15.9 Å². The summed E-state index contributed by atoms with van der Waals surface area (Å²) in [6, 6.07) is 12.7. The van der Waals surface area contributed by atoms with Crippen LogP contribution in [0.25, 0.3) is 0 Å². The molecule has 3 rings (SSSR count). The highest BCUT2D eigenvalue weighted by Crippen LogP contribution is 2.32. The molecule has 2 aromatic carbocycles. The van der Waals surface area contributed by atoms with Crippen LogP contribution in [-0.4, -0.2) is 25.2 Å². The molecular formula is C17H16BrNO4. The van der Waals surface area contributed by atoms with E-state index in [2.05, 4.69) is 21.2 Å². The van der Waals surface area contributed by atoms with Gasteiger partial charge in [0.15, 0.2) is 17.6 Å². The minimum Gasteiger partial charge on any atom is -0.486 e. The summed E-state index contributed by atoms with van der Waals surface area (Å²) in [6.07, 6.45) is -0.627. The van der Waals surface area contributed by atoms with Gasteiger partial charge in [-0.2, -0.15) is 0 Å². The second kappa shape index (κ2) is 6.91. The predicted octanol–water partition coefficient (Wildman–Crippen LogP) is 3.63. The van der Waals surface area contributed by atoms with Crippen molar-refractivity contribution in [2.45, 2.75) is 13.0 Å². The fraction of sp³-hybridized carbons (Fsp3) is 0.235. The Kier molecular flexibility index (Phi) is 4.71. The molecule has 1 heterocycles. The Morgan fingerprint density at radius 2 is 1.96 bits per heavy atom. The van der Waals surface area contributed by atoms with Crippen LogP contribution in [0.15, 0.2) is 46.9 Å². The van der Waals surface area contributed by atoms with E-state index in [0.717, 1.165) is 4.47 Å². The summed E-state index contributed by atoms with van der Waals surface area (Å²) in [7, 11) is 0. The molecule has 2 aromatic rings. The van der Waals surface area contributed by atoms with Gasteiger partial charge >= 0.3 is 0 Å². The number of nitrogens with one attached hydrogen (secondary N) is 1. The highest BCUT2D eigenvalue weighted by Gasteiger charge is 2.17. The van der Waals surface area contributed by atoms with Gasteiger partial charge in [-0.15, -0.1) is 0 Å². The first-order valence-electron chi connectivity index (χ1n) is 7.24. The van der Waals surface area contributed by atoms with Gasteiger partial charge in [0, 0.05) is 16.2 Å². The lowest BCUT2D eigenvalue weighted by atomic mass is 10.2. The second-order valence-corrected chi connectivity index (χ2v) is 5.98. The van der Waals surface area contributed by atoms with Crippen molar-refractivity contribution >= 4 is 27.5 Å². The first-order valence-corrected chi connectivity index (χ1v) is 8.04. The van der Waals surface area contributed by atoms with Gasteiger partial charge in [0.2, 0.25) is 0 Å². The first kappa shape index (κ1) is 15.7. The van der Waals surface area contributed by atoms with Gasteiger partial charge in [-0.3, -0.25) is 4.79 Å². The van der Waals surface area contributed by atoms with Crippen molar-refractivity contribution in [3.63, 3.8) is 0 Å². The number of hydrogen-bond acceptors (Lipinski definition) is 4. The summed E-state index contributed by atoms with van der Waals surface area (Å²) < 4.78 is 17.5. The van der Waals surface area contributed by atoms with Gasteiger partial charge in [-0.25, -0.2) is 0 Å². The average Bonchev–Trinajstić information content (AvgIpc) is 2.54. The molecule has 1 amide bonds. The number of rotatable bonds is 4. The summed E-state index contributed by atoms with van der Waals surface area (Å²) in [5, 5.41) is 2.82. The maximum absolute atomic E-state index is 12.2. The van der Waals surface area contributed by atoms with Gasteiger partial charge in [-0.1, -0.05) is 22.0 Å². The van der Waals surface area contributed by atoms with Gasteiger partial charge < -0.3 is 19.5 Å². The fourth-order valence-electron chi connectivity index (χ4n) is 2.16. The van der Waals surface area contributed by atoms with Crippen molar-refractivity contribution in [2.75, 3.05) is 18.5 Å². The zero-order valence-corrected chi connectivity index (χ0v) is 14.1. The minimum absolute atomic E-state index is 0.235. The number of hydrogen-bond donors (Lipinski definition) is 1. The monoisotopic (exact) mass is 377 g/mol. The molecule has 6 heteroatoms. The Bertz CT molecular complexity index is 719. The highest BCUT2D eigenvalue weighted by molar-refractivity contribution is 9.10. The molecule has 0 radical (unpaired) electrons. The summed E-state index contributed by atoms with van der Waals surface area (Å²) in [5.41, 5.74) is 0.643. The normalized spacial score (nSPS) is 14.0. The number of fused-ring (bicyclic) bond motifs is 1. The van der Waals surface area contributed by atoms with Gasteiger partial charge in [0.05, 0.1) is 0 Å². The van der Waals surface area contributed by atoms with Gasteiger partial charge in [0.1, 0.15) is 19.0 Å². The van der Waals surface area contributed by atoms with Crippen LogP contribution in [0.4, 0.5) is 5.69 Å². The number of ether oxygens (including phenoxy) is 3. The number of anilines is 1. The fourth-order valence-corrected chi connectivity index (χ4v) is 2.54. The number of carbonyl (C=O) groups excluding carboxylic acids is 1. The van der Waals surface area contributed by atoms with E-state index in [1.54, 1.807) is 31.2 Å². The Labute approximate surface area is 142 Å². The number of benzene rings is 2. The Morgan fingerprint density at radius 1 is 1.17 bits per heavy atom. The van der Waals surface area contributed by atoms with E-state index < -0.39 is 6.10 Å². The number of halogens is 1. The molecule has 5 nitrogen and oxygen atoms in total. The summed E-state index contributed by atoms with van der Waals surface area (Å²) in [6.45, 7) is 2.75. The third-order valence-corrected chi connectivity index (χ3v) is 3.78. The molecule has 0 unspecified atom stereocenters. The SMILES string of the molecule is C[C@@H](Oc1cccc(Br)c1)C(=O)Nc1ccc2c(c1)OCCO2. The van der Waals surface area contributed by atoms with Crippen LogP contribution in [0.2, 0.25) is 0 Å². The standard InChI is InChI=1S/C17H16BrNO4/c1-11(23-14-4-2-3-12(18)9-14)17(20)19-13-5-6-15-16(10-13)22-8-7-21-15/h2-6,9-11H,7-8H2,1H3,(H,19,20)/t11-/m1/s1. The molecule has 0 fully saturated rings. The summed E-state index contributed by atoms with van der Waals surface area (Å²) in [4.78, 5) is 12.2. The Morgan fingerprint density at radius 3 is 2.74 bits per heavy atom. The number of carbonyl (C=O) groups is 1. The van der Waals surface area contributed by atoms with E-state index in [1.165, 1.54) is 0 Å². The van der Waals surface area contributed by atoms with E-state index in [-0.39, 0.29) is 5.91 Å². The van der Waals surface area contributed by atoms with Crippen LogP contribution < -0.4 is 19.5 Å². The van der Waals surface area contributed by atoms with Crippen molar-refractivity contribution in [2.24, 2.45) is 0 Å². The minimum atomic E-state index is -0.627. The van der Waals surface area contributed by atoms with Gasteiger partial charge in [0.25, 0.3) is 5.91 Å². The van der Waals surface area contributed by atoms with Crippen molar-refractivity contribution in [3.8, 4) is 17.2 Å². The smallest absolute Gasteiger partial charge is 0.265 e. The lowest BCUT2D eigenvalue weighted by Crippen LogP contribution is -2.30. The second-order valence-electron chi connectivity index (χ2n) is 5.07. The Hall–Kier alpha value is -2.21. The van der Waals surface area contributed by atoms with Crippen molar-refractivity contribution in [1.29, 1.82) is 0 Å². The third kappa shape index (κ3) is 3.96. The van der Waals surface area contributed by atoms with Crippen molar-refractivity contribution in [3.05, 3.63) is 46.9 Å². The van der Waals surface area contributed by atoms with E-state index in [4.69, 9.17) is 14.2 Å². The maximum Gasteiger partial charge on any atom is 0.265 e. The zero-order chi connectivity index (χ0) is 16.2. The van der Waals surface area contributed by atoms with E-state index in [1.807, 2.05) is 18.2 Å². The topological polar surface area (TPSA) is 56.8 Å². The summed E-state index contributed by atoms with van der Waals surface area (Å²) >= 11 is 3.37. The van der Waals surface area contributed by atoms with Crippen LogP contribution in [-0.2, 0) is 4.79 Å². The molecule has 0 aromatic heterocycles. The molecule has 0 spiro atoms. The Balaban J connectivity index is 1.64. The molecule has 120 valence electrons. The quantitative estimate of drug-likeness (QED) is 0.883. The van der Waals surface area contributed by atoms with Crippen LogP contribution in [0.3, 0.4) is 0 Å². The van der Waals surface area contributed by atoms with Crippen molar-refractivity contribution in [1.82, 2.24) is 0 Å². The average molecular weight is 378 g/mol. The molecule has 0 bridgehead atoms. The van der Waals surface area contributed by atoms with Crippen LogP contribution in [0, 0.1) is 0 Å². The molecule has 23 heavy (non-hydrogen) atoms. The highest BCUT2D eigenvalue weighted by atomic mass is 79.9. The van der Waals surface area contributed by atoms with E-state index in [9.17, 15) is 4.79 Å². The van der Waals surface area contributed by atoms with Crippen LogP contribution in [0.1, 0.15) is 6.92 Å². The molecule has 1 atom stereocenters. The predicted molar refractivity (Wildman–Crippen MR) is 90.3 cm³/mol. The van der Waals surface area contributed by atoms with Crippen molar-refractivity contribution < 1.29 is 19.0 Å². The maximum atomic E-state index is 12.2. The zero-order valence-electron chi connectivity index (χ0n) is 12.5. The third-order valence-electron chi connectivity index (χ3n) is 3.29. The molecule has 0 saturated carbocycles. The molecule has 0 saturated heterocycles. The largest absolute Gasteiger partial charge is 0.486 e. The van der Waals surface area contributed by atoms with E-state index in [0.29, 0.717) is 36.1 Å². The lowest BCUT2D eigenvalue weighted by Gasteiger charge is -2.19. The van der Waals surface area contributed by atoms with E-state index >= 15 is 0 Å².